The van der Waals surface area contributed by atoms with E-state index in [4.69, 9.17) is 16.3 Å². The highest BCUT2D eigenvalue weighted by molar-refractivity contribution is 6.30. The molecule has 2 aliphatic heterocycles. The second-order valence-corrected chi connectivity index (χ2v) is 6.93. The number of hydrogen-bond donors (Lipinski definition) is 1. The lowest BCUT2D eigenvalue weighted by molar-refractivity contribution is -0.139. The Balaban J connectivity index is 1.85. The summed E-state index contributed by atoms with van der Waals surface area (Å²) in [6.07, 6.45) is 1.61. The Kier molecular flexibility index (Phi) is 4.90. The molecule has 0 aliphatic carbocycles. The van der Waals surface area contributed by atoms with Gasteiger partial charge in [-0.2, -0.15) is 0 Å². The van der Waals surface area contributed by atoms with E-state index in [9.17, 15) is 9.18 Å². The van der Waals surface area contributed by atoms with Gasteiger partial charge < -0.3 is 4.74 Å². The van der Waals surface area contributed by atoms with E-state index in [1.54, 1.807) is 6.07 Å². The molecule has 23 heavy (non-hydrogen) atoms. The van der Waals surface area contributed by atoms with Gasteiger partial charge in [-0.1, -0.05) is 17.7 Å². The summed E-state index contributed by atoms with van der Waals surface area (Å²) in [5, 5.41) is 3.55. The Morgan fingerprint density at radius 2 is 2.17 bits per heavy atom. The van der Waals surface area contributed by atoms with Gasteiger partial charge in [0.2, 0.25) is 0 Å². The number of benzene rings is 1. The molecule has 0 bridgehead atoms. The minimum absolute atomic E-state index is 0.0233. The van der Waals surface area contributed by atoms with Crippen LogP contribution in [0.5, 0.6) is 0 Å². The molecule has 6 heteroatoms. The first-order valence-electron chi connectivity index (χ1n) is 8.10. The highest BCUT2D eigenvalue weighted by atomic mass is 35.5. The predicted octanol–water partition coefficient (Wildman–Crippen LogP) is 2.91. The van der Waals surface area contributed by atoms with Crippen LogP contribution < -0.4 is 5.32 Å². The van der Waals surface area contributed by atoms with Crippen LogP contribution in [0.3, 0.4) is 0 Å². The molecule has 1 N–H and O–H groups in total. The van der Waals surface area contributed by atoms with Crippen LogP contribution in [-0.2, 0) is 9.53 Å². The van der Waals surface area contributed by atoms with Crippen molar-refractivity contribution in [3.8, 4) is 0 Å². The van der Waals surface area contributed by atoms with Crippen molar-refractivity contribution >= 4 is 17.6 Å². The van der Waals surface area contributed by atoms with Crippen molar-refractivity contribution in [1.82, 2.24) is 10.2 Å². The van der Waals surface area contributed by atoms with Crippen molar-refractivity contribution in [3.05, 3.63) is 34.6 Å². The van der Waals surface area contributed by atoms with Crippen LogP contribution in [0.25, 0.3) is 0 Å². The zero-order valence-corrected chi connectivity index (χ0v) is 14.1. The molecular weight excluding hydrogens is 319 g/mol. The van der Waals surface area contributed by atoms with Gasteiger partial charge >= 0.3 is 5.97 Å². The Labute approximate surface area is 140 Å². The summed E-state index contributed by atoms with van der Waals surface area (Å²) in [5.41, 5.74) is 0.891. The second-order valence-electron chi connectivity index (χ2n) is 6.52. The maximum Gasteiger partial charge on any atom is 0.323 e. The van der Waals surface area contributed by atoms with Crippen LogP contribution in [0, 0.1) is 5.82 Å². The number of cyclic esters (lactones) is 1. The van der Waals surface area contributed by atoms with Crippen LogP contribution in [-0.4, -0.2) is 42.1 Å². The number of carbonyl (C=O) groups excluding carboxylic acids is 1. The number of nitrogens with one attached hydrogen (secondary N) is 1. The molecular formula is C17H22ClFN2O2. The van der Waals surface area contributed by atoms with Crippen LogP contribution in [0.4, 0.5) is 4.39 Å². The number of likely N-dealkylation sites (tertiary alicyclic amines) is 1. The molecule has 2 saturated heterocycles. The molecule has 2 heterocycles. The lowest BCUT2D eigenvalue weighted by atomic mass is 9.98. The lowest BCUT2D eigenvalue weighted by Crippen LogP contribution is -2.45. The van der Waals surface area contributed by atoms with E-state index in [0.29, 0.717) is 19.1 Å². The first-order chi connectivity index (χ1) is 11.0. The molecule has 2 fully saturated rings. The van der Waals surface area contributed by atoms with E-state index < -0.39 is 5.82 Å². The number of hydrogen-bond acceptors (Lipinski definition) is 4. The summed E-state index contributed by atoms with van der Waals surface area (Å²) >= 11 is 5.81. The van der Waals surface area contributed by atoms with E-state index in [2.05, 4.69) is 24.1 Å². The Morgan fingerprint density at radius 3 is 2.78 bits per heavy atom. The number of halogens is 2. The largest absolute Gasteiger partial charge is 0.464 e. The summed E-state index contributed by atoms with van der Waals surface area (Å²) in [6.45, 7) is 5.64. The SMILES string of the molecule is CC(C)N1CC[C@H](N[C@H]2CCOC2=O)[C@H]1c1ccc(Cl)c(F)c1. The molecule has 1 aromatic rings. The number of esters is 1. The summed E-state index contributed by atoms with van der Waals surface area (Å²) in [7, 11) is 0. The van der Waals surface area contributed by atoms with Gasteiger partial charge in [0.1, 0.15) is 11.9 Å². The highest BCUT2D eigenvalue weighted by Crippen LogP contribution is 2.35. The van der Waals surface area contributed by atoms with E-state index in [0.717, 1.165) is 18.5 Å². The molecule has 3 rings (SSSR count). The van der Waals surface area contributed by atoms with Crippen molar-refractivity contribution in [1.29, 1.82) is 0 Å². The number of nitrogens with zero attached hydrogens (tertiary/aromatic N) is 1. The van der Waals surface area contributed by atoms with Crippen molar-refractivity contribution in [3.63, 3.8) is 0 Å². The molecule has 3 atom stereocenters. The van der Waals surface area contributed by atoms with Gasteiger partial charge in [-0.3, -0.25) is 15.0 Å². The second kappa shape index (κ2) is 6.75. The Morgan fingerprint density at radius 1 is 1.39 bits per heavy atom. The number of ether oxygens (including phenoxy) is 1. The minimum Gasteiger partial charge on any atom is -0.464 e. The van der Waals surface area contributed by atoms with Gasteiger partial charge in [0.15, 0.2) is 0 Å². The summed E-state index contributed by atoms with van der Waals surface area (Å²) in [5.74, 6) is -0.590. The van der Waals surface area contributed by atoms with Gasteiger partial charge in [-0.05, 0) is 38.0 Å². The monoisotopic (exact) mass is 340 g/mol. The quantitative estimate of drug-likeness (QED) is 0.856. The number of carbonyl (C=O) groups is 1. The van der Waals surface area contributed by atoms with Gasteiger partial charge in [-0.25, -0.2) is 4.39 Å². The van der Waals surface area contributed by atoms with E-state index >= 15 is 0 Å². The van der Waals surface area contributed by atoms with Crippen molar-refractivity contribution in [2.45, 2.75) is 50.9 Å². The third kappa shape index (κ3) is 3.37. The average Bonchev–Trinajstić information content (AvgIpc) is 3.10. The van der Waals surface area contributed by atoms with Gasteiger partial charge in [0.25, 0.3) is 0 Å². The maximum atomic E-state index is 13.9. The molecule has 126 valence electrons. The van der Waals surface area contributed by atoms with Crippen molar-refractivity contribution < 1.29 is 13.9 Å². The highest BCUT2D eigenvalue weighted by Gasteiger charge is 2.40. The first-order valence-corrected chi connectivity index (χ1v) is 8.48. The zero-order valence-electron chi connectivity index (χ0n) is 13.4. The van der Waals surface area contributed by atoms with Gasteiger partial charge in [0, 0.05) is 25.0 Å². The van der Waals surface area contributed by atoms with Gasteiger partial charge in [-0.15, -0.1) is 0 Å². The molecule has 4 nitrogen and oxygen atoms in total. The predicted molar refractivity (Wildman–Crippen MR) is 86.9 cm³/mol. The fourth-order valence-corrected chi connectivity index (χ4v) is 3.71. The van der Waals surface area contributed by atoms with Crippen LogP contribution in [0.2, 0.25) is 5.02 Å². The maximum absolute atomic E-state index is 13.9. The minimum atomic E-state index is -0.404. The van der Waals surface area contributed by atoms with Crippen molar-refractivity contribution in [2.75, 3.05) is 13.2 Å². The molecule has 0 aromatic heterocycles. The topological polar surface area (TPSA) is 41.6 Å². The molecule has 0 amide bonds. The Hall–Kier alpha value is -1.17. The smallest absolute Gasteiger partial charge is 0.323 e. The summed E-state index contributed by atoms with van der Waals surface area (Å²) < 4.78 is 18.9. The molecule has 0 radical (unpaired) electrons. The molecule has 1 aromatic carbocycles. The standard InChI is InChI=1S/C17H22ClFN2O2/c1-10(2)21-7-5-14(20-15-6-8-23-17(15)22)16(21)11-3-4-12(18)13(19)9-11/h3-4,9-10,14-16,20H,5-8H2,1-2H3/t14-,15-,16+/m0/s1. The van der Waals surface area contributed by atoms with E-state index in [1.165, 1.54) is 6.07 Å². The van der Waals surface area contributed by atoms with Gasteiger partial charge in [0.05, 0.1) is 17.7 Å². The fourth-order valence-electron chi connectivity index (χ4n) is 3.60. The first kappa shape index (κ1) is 16.7. The molecule has 0 unspecified atom stereocenters. The fraction of sp³-hybridized carbons (Fsp3) is 0.588. The van der Waals surface area contributed by atoms with Crippen molar-refractivity contribution in [2.24, 2.45) is 0 Å². The van der Waals surface area contributed by atoms with E-state index in [1.807, 2.05) is 6.07 Å². The number of rotatable bonds is 4. The lowest BCUT2D eigenvalue weighted by Gasteiger charge is -2.32. The van der Waals surface area contributed by atoms with Crippen LogP contribution in [0.15, 0.2) is 18.2 Å². The molecule has 0 spiro atoms. The van der Waals surface area contributed by atoms with E-state index in [-0.39, 0.29) is 29.1 Å². The molecule has 2 aliphatic rings. The normalized spacial score (nSPS) is 28.6. The Bertz CT molecular complexity index is 596. The molecule has 0 saturated carbocycles. The summed E-state index contributed by atoms with van der Waals surface area (Å²) in [4.78, 5) is 14.1. The van der Waals surface area contributed by atoms with Crippen LogP contribution in [0.1, 0.15) is 38.3 Å². The zero-order chi connectivity index (χ0) is 16.6. The third-order valence-electron chi connectivity index (χ3n) is 4.74. The third-order valence-corrected chi connectivity index (χ3v) is 5.04. The summed E-state index contributed by atoms with van der Waals surface area (Å²) in [6, 6.07) is 5.18. The van der Waals surface area contributed by atoms with Crippen LogP contribution >= 0.6 is 11.6 Å². The average molecular weight is 341 g/mol.